The summed E-state index contributed by atoms with van der Waals surface area (Å²) < 4.78 is 16.4. The summed E-state index contributed by atoms with van der Waals surface area (Å²) in [5, 5.41) is 3.58. The Morgan fingerprint density at radius 2 is 1.83 bits per heavy atom. The molecule has 3 rings (SSSR count). The highest BCUT2D eigenvalue weighted by atomic mass is 35.5. The predicted octanol–water partition coefficient (Wildman–Crippen LogP) is 3.69. The molecule has 0 spiro atoms. The normalized spacial score (nSPS) is 13.4. The van der Waals surface area contributed by atoms with E-state index in [-0.39, 0.29) is 5.91 Å². The lowest BCUT2D eigenvalue weighted by atomic mass is 9.99. The topological polar surface area (TPSA) is 60.0 Å². The van der Waals surface area contributed by atoms with Crippen LogP contribution in [-0.2, 0) is 17.8 Å². The highest BCUT2D eigenvalue weighted by Crippen LogP contribution is 2.33. The molecule has 1 aliphatic rings. The van der Waals surface area contributed by atoms with Crippen molar-refractivity contribution in [2.75, 3.05) is 40.5 Å². The molecule has 0 radical (unpaired) electrons. The summed E-state index contributed by atoms with van der Waals surface area (Å²) in [6.07, 6.45) is 2.04. The lowest BCUT2D eigenvalue weighted by Crippen LogP contribution is -2.37. The Morgan fingerprint density at radius 3 is 2.57 bits per heavy atom. The number of hydrogen-bond acceptors (Lipinski definition) is 5. The van der Waals surface area contributed by atoms with Gasteiger partial charge in [0.2, 0.25) is 5.91 Å². The van der Waals surface area contributed by atoms with Crippen LogP contribution in [0.5, 0.6) is 17.2 Å². The van der Waals surface area contributed by atoms with Crippen LogP contribution in [0.15, 0.2) is 36.4 Å². The van der Waals surface area contributed by atoms with Crippen molar-refractivity contribution in [2.24, 2.45) is 0 Å². The second-order valence-electron chi connectivity index (χ2n) is 7.23. The Bertz CT molecular complexity index is 859. The maximum atomic E-state index is 12.1. The molecule has 0 aliphatic carbocycles. The Balaban J connectivity index is 1.35. The second kappa shape index (κ2) is 11.1. The van der Waals surface area contributed by atoms with Crippen molar-refractivity contribution in [3.63, 3.8) is 0 Å². The van der Waals surface area contributed by atoms with E-state index < -0.39 is 0 Å². The number of ether oxygens (including phenoxy) is 3. The summed E-state index contributed by atoms with van der Waals surface area (Å²) in [6, 6.07) is 11.5. The van der Waals surface area contributed by atoms with E-state index in [2.05, 4.69) is 22.3 Å². The molecular formula is C23H29ClN2O4. The average Bonchev–Trinajstić information content (AvgIpc) is 2.76. The van der Waals surface area contributed by atoms with Crippen molar-refractivity contribution in [3.05, 3.63) is 52.5 Å². The van der Waals surface area contributed by atoms with Gasteiger partial charge in [0.15, 0.2) is 11.5 Å². The number of carbonyl (C=O) groups is 1. The van der Waals surface area contributed by atoms with E-state index in [4.69, 9.17) is 25.8 Å². The highest BCUT2D eigenvalue weighted by molar-refractivity contribution is 6.32. The highest BCUT2D eigenvalue weighted by Gasteiger charge is 2.19. The lowest BCUT2D eigenvalue weighted by molar-refractivity contribution is -0.121. The van der Waals surface area contributed by atoms with E-state index in [1.54, 1.807) is 20.3 Å². The number of methoxy groups -OCH3 is 2. The van der Waals surface area contributed by atoms with Gasteiger partial charge < -0.3 is 19.5 Å². The number of hydrogen-bond donors (Lipinski definition) is 1. The first-order valence-corrected chi connectivity index (χ1v) is 10.6. The molecule has 0 aromatic heterocycles. The molecule has 1 aliphatic heterocycles. The monoisotopic (exact) mass is 432 g/mol. The van der Waals surface area contributed by atoms with E-state index in [0.717, 1.165) is 37.6 Å². The number of amides is 1. The van der Waals surface area contributed by atoms with Gasteiger partial charge in [-0.15, -0.1) is 0 Å². The van der Waals surface area contributed by atoms with Gasteiger partial charge in [0, 0.05) is 32.6 Å². The van der Waals surface area contributed by atoms with Crippen LogP contribution < -0.4 is 19.5 Å². The third kappa shape index (κ3) is 6.03. The average molecular weight is 433 g/mol. The number of para-hydroxylation sites is 1. The molecule has 2 aromatic rings. The van der Waals surface area contributed by atoms with E-state index in [1.807, 2.05) is 18.2 Å². The molecule has 1 heterocycles. The fraction of sp³-hybridized carbons (Fsp3) is 0.435. The minimum Gasteiger partial charge on any atom is -0.493 e. The van der Waals surface area contributed by atoms with Crippen LogP contribution in [0, 0.1) is 0 Å². The third-order valence-corrected chi connectivity index (χ3v) is 5.50. The number of benzene rings is 2. The van der Waals surface area contributed by atoms with Gasteiger partial charge in [-0.1, -0.05) is 23.7 Å². The molecule has 6 nitrogen and oxygen atoms in total. The van der Waals surface area contributed by atoms with Crippen LogP contribution in [0.3, 0.4) is 0 Å². The zero-order valence-electron chi connectivity index (χ0n) is 17.6. The van der Waals surface area contributed by atoms with Gasteiger partial charge in [0.05, 0.1) is 25.8 Å². The molecule has 30 heavy (non-hydrogen) atoms. The fourth-order valence-corrected chi connectivity index (χ4v) is 3.74. The van der Waals surface area contributed by atoms with Gasteiger partial charge in [0.1, 0.15) is 5.75 Å². The zero-order valence-corrected chi connectivity index (χ0v) is 18.3. The molecule has 7 heteroatoms. The molecule has 0 unspecified atom stereocenters. The molecule has 162 valence electrons. The van der Waals surface area contributed by atoms with Crippen LogP contribution in [0.1, 0.15) is 24.0 Å². The summed E-state index contributed by atoms with van der Waals surface area (Å²) in [5.74, 6) is 2.22. The third-order valence-electron chi connectivity index (χ3n) is 5.19. The standard InChI is InChI=1S/C23H29ClN2O4/c1-28-21-14-17-9-11-26(16-18(17)15-22(21)29-2)12-10-25-23(27)8-5-13-30-20-7-4-3-6-19(20)24/h3-4,6-7,14-15H,5,8-13,16H2,1-2H3,(H,25,27). The molecule has 0 atom stereocenters. The maximum absolute atomic E-state index is 12.1. The Kier molecular flexibility index (Phi) is 8.22. The van der Waals surface area contributed by atoms with Crippen molar-refractivity contribution in [3.8, 4) is 17.2 Å². The van der Waals surface area contributed by atoms with Gasteiger partial charge >= 0.3 is 0 Å². The van der Waals surface area contributed by atoms with Crippen molar-refractivity contribution in [1.29, 1.82) is 0 Å². The molecule has 1 amide bonds. The summed E-state index contributed by atoms with van der Waals surface area (Å²) in [7, 11) is 3.31. The summed E-state index contributed by atoms with van der Waals surface area (Å²) >= 11 is 6.05. The van der Waals surface area contributed by atoms with Crippen molar-refractivity contribution >= 4 is 17.5 Å². The van der Waals surface area contributed by atoms with Gasteiger partial charge in [-0.3, -0.25) is 9.69 Å². The van der Waals surface area contributed by atoms with E-state index in [0.29, 0.717) is 36.8 Å². The number of nitrogens with one attached hydrogen (secondary N) is 1. The Morgan fingerprint density at radius 1 is 1.10 bits per heavy atom. The summed E-state index contributed by atoms with van der Waals surface area (Å²) in [5.41, 5.74) is 2.55. The quantitative estimate of drug-likeness (QED) is 0.580. The second-order valence-corrected chi connectivity index (χ2v) is 7.64. The maximum Gasteiger partial charge on any atom is 0.220 e. The molecule has 0 fully saturated rings. The molecule has 0 saturated heterocycles. The number of carbonyl (C=O) groups excluding carboxylic acids is 1. The number of fused-ring (bicyclic) bond motifs is 1. The van der Waals surface area contributed by atoms with Crippen LogP contribution in [0.2, 0.25) is 5.02 Å². The van der Waals surface area contributed by atoms with Gasteiger partial charge in [0.25, 0.3) is 0 Å². The first-order valence-electron chi connectivity index (χ1n) is 10.2. The smallest absolute Gasteiger partial charge is 0.220 e. The van der Waals surface area contributed by atoms with Crippen molar-refractivity contribution in [2.45, 2.75) is 25.8 Å². The van der Waals surface area contributed by atoms with Crippen LogP contribution >= 0.6 is 11.6 Å². The number of nitrogens with zero attached hydrogens (tertiary/aromatic N) is 1. The fourth-order valence-electron chi connectivity index (χ4n) is 3.55. The van der Waals surface area contributed by atoms with E-state index in [1.165, 1.54) is 11.1 Å². The minimum absolute atomic E-state index is 0.0431. The molecule has 0 bridgehead atoms. The molecular weight excluding hydrogens is 404 g/mol. The Labute approximate surface area is 183 Å². The van der Waals surface area contributed by atoms with Crippen molar-refractivity contribution in [1.82, 2.24) is 10.2 Å². The Hall–Kier alpha value is -2.44. The SMILES string of the molecule is COc1cc2c(cc1OC)CN(CCNC(=O)CCCOc1ccccc1Cl)CC2. The molecule has 1 N–H and O–H groups in total. The molecule has 0 saturated carbocycles. The number of halogens is 1. The zero-order chi connectivity index (χ0) is 21.3. The van der Waals surface area contributed by atoms with Crippen LogP contribution in [0.25, 0.3) is 0 Å². The minimum atomic E-state index is 0.0431. The van der Waals surface area contributed by atoms with Gasteiger partial charge in [-0.2, -0.15) is 0 Å². The van der Waals surface area contributed by atoms with Gasteiger partial charge in [-0.25, -0.2) is 0 Å². The summed E-state index contributed by atoms with van der Waals surface area (Å²) in [6.45, 7) is 3.72. The van der Waals surface area contributed by atoms with Crippen molar-refractivity contribution < 1.29 is 19.0 Å². The van der Waals surface area contributed by atoms with Gasteiger partial charge in [-0.05, 0) is 48.2 Å². The van der Waals surface area contributed by atoms with E-state index >= 15 is 0 Å². The summed E-state index contributed by atoms with van der Waals surface area (Å²) in [4.78, 5) is 14.4. The van der Waals surface area contributed by atoms with Crippen LogP contribution in [0.4, 0.5) is 0 Å². The van der Waals surface area contributed by atoms with E-state index in [9.17, 15) is 4.79 Å². The number of rotatable bonds is 10. The first-order chi connectivity index (χ1) is 14.6. The first kappa shape index (κ1) is 22.2. The molecule has 2 aromatic carbocycles. The lowest BCUT2D eigenvalue weighted by Gasteiger charge is -2.29. The largest absolute Gasteiger partial charge is 0.493 e. The predicted molar refractivity (Wildman–Crippen MR) is 118 cm³/mol. The van der Waals surface area contributed by atoms with Crippen LogP contribution in [-0.4, -0.2) is 51.3 Å².